The van der Waals surface area contributed by atoms with Crippen LogP contribution in [0.15, 0.2) is 54.6 Å². The summed E-state index contributed by atoms with van der Waals surface area (Å²) < 4.78 is 5.90. The molecule has 0 spiro atoms. The predicted octanol–water partition coefficient (Wildman–Crippen LogP) is 11.6. The van der Waals surface area contributed by atoms with Crippen LogP contribution in [0.3, 0.4) is 0 Å². The molecule has 0 fully saturated rings. The van der Waals surface area contributed by atoms with Crippen molar-refractivity contribution in [3.05, 3.63) is 71.3 Å². The van der Waals surface area contributed by atoms with Gasteiger partial charge in [0.25, 0.3) is 0 Å². The lowest BCUT2D eigenvalue weighted by Crippen LogP contribution is -1.99. The molecule has 2 aromatic carbocycles. The quantitative estimate of drug-likeness (QED) is 0.0763. The Hall–Kier alpha value is -2.35. The number of hydrogen-bond donors (Lipinski definition) is 0. The van der Waals surface area contributed by atoms with E-state index in [4.69, 9.17) is 4.74 Å². The molecule has 0 saturated heterocycles. The molecule has 0 N–H and O–H groups in total. The Kier molecular flexibility index (Phi) is 18.9. The van der Waals surface area contributed by atoms with Gasteiger partial charge in [0.15, 0.2) is 5.78 Å². The first kappa shape index (κ1) is 32.9. The largest absolute Gasteiger partial charge is 0.494 e. The van der Waals surface area contributed by atoms with Crippen LogP contribution in [0.4, 0.5) is 0 Å². The summed E-state index contributed by atoms with van der Waals surface area (Å²) in [5.41, 5.74) is 3.11. The second kappa shape index (κ2) is 22.5. The van der Waals surface area contributed by atoms with Crippen LogP contribution >= 0.6 is 0 Å². The van der Waals surface area contributed by atoms with Gasteiger partial charge >= 0.3 is 0 Å². The maximum atomic E-state index is 12.5. The standard InChI is InChI=1S/C37H56O2/c1-3-5-7-8-9-10-11-12-13-14-15-16-17-18-19-20-32-39-36-29-27-35(28-30-36)37(38)31-26-34-24-22-33(23-25-34)21-6-4-2/h22-31H,3-21,32H2,1-2H3. The lowest BCUT2D eigenvalue weighted by atomic mass is 10.0. The summed E-state index contributed by atoms with van der Waals surface area (Å²) in [5.74, 6) is 0.869. The van der Waals surface area contributed by atoms with Gasteiger partial charge in [-0.25, -0.2) is 0 Å². The van der Waals surface area contributed by atoms with Crippen LogP contribution in [0.5, 0.6) is 5.75 Å². The summed E-state index contributed by atoms with van der Waals surface area (Å²) in [5, 5.41) is 0. The zero-order valence-electron chi connectivity index (χ0n) is 25.2. The normalized spacial score (nSPS) is 11.3. The molecule has 2 nitrogen and oxygen atoms in total. The van der Waals surface area contributed by atoms with Gasteiger partial charge in [0.1, 0.15) is 5.75 Å². The highest BCUT2D eigenvalue weighted by atomic mass is 16.5. The van der Waals surface area contributed by atoms with Crippen LogP contribution in [0.1, 0.15) is 151 Å². The third kappa shape index (κ3) is 16.4. The van der Waals surface area contributed by atoms with Crippen LogP contribution < -0.4 is 4.74 Å². The van der Waals surface area contributed by atoms with Crippen LogP contribution in [0.25, 0.3) is 6.08 Å². The molecule has 0 atom stereocenters. The van der Waals surface area contributed by atoms with Gasteiger partial charge < -0.3 is 4.74 Å². The molecule has 0 amide bonds. The van der Waals surface area contributed by atoms with E-state index in [-0.39, 0.29) is 5.78 Å². The van der Waals surface area contributed by atoms with E-state index in [0.717, 1.165) is 30.8 Å². The van der Waals surface area contributed by atoms with Crippen molar-refractivity contribution in [3.63, 3.8) is 0 Å². The minimum absolute atomic E-state index is 0.0226. The number of aryl methyl sites for hydroxylation is 1. The van der Waals surface area contributed by atoms with Crippen molar-refractivity contribution in [2.75, 3.05) is 6.61 Å². The number of ketones is 1. The smallest absolute Gasteiger partial charge is 0.185 e. The molecule has 2 aromatic rings. The molecule has 0 saturated carbocycles. The van der Waals surface area contributed by atoms with Crippen molar-refractivity contribution in [3.8, 4) is 5.75 Å². The average Bonchev–Trinajstić information content (AvgIpc) is 2.97. The molecule has 0 aliphatic heterocycles. The van der Waals surface area contributed by atoms with E-state index < -0.39 is 0 Å². The highest BCUT2D eigenvalue weighted by Gasteiger charge is 2.03. The molecule has 0 heterocycles. The topological polar surface area (TPSA) is 26.3 Å². The molecule has 0 bridgehead atoms. The summed E-state index contributed by atoms with van der Waals surface area (Å²) in [6.45, 7) is 5.25. The second-order valence-corrected chi connectivity index (χ2v) is 11.2. The first-order valence-electron chi connectivity index (χ1n) is 16.3. The SMILES string of the molecule is CCCCCCCCCCCCCCCCCCOc1ccc(C(=O)C=Cc2ccc(CCCC)cc2)cc1. The zero-order valence-corrected chi connectivity index (χ0v) is 25.2. The highest BCUT2D eigenvalue weighted by molar-refractivity contribution is 6.06. The van der Waals surface area contributed by atoms with Gasteiger partial charge in [0.2, 0.25) is 0 Å². The van der Waals surface area contributed by atoms with Crippen LogP contribution in [0, 0.1) is 0 Å². The number of hydrogen-bond acceptors (Lipinski definition) is 2. The molecule has 2 rings (SSSR count). The first-order chi connectivity index (χ1) is 19.2. The Morgan fingerprint density at radius 3 is 1.59 bits per heavy atom. The molecule has 0 aliphatic carbocycles. The molecule has 2 heteroatoms. The molecule has 0 radical (unpaired) electrons. The Bertz CT molecular complexity index is 879. The van der Waals surface area contributed by atoms with E-state index in [1.807, 2.05) is 30.3 Å². The van der Waals surface area contributed by atoms with E-state index in [9.17, 15) is 4.79 Å². The third-order valence-electron chi connectivity index (χ3n) is 7.63. The van der Waals surface area contributed by atoms with Crippen molar-refractivity contribution in [1.29, 1.82) is 0 Å². The van der Waals surface area contributed by atoms with Gasteiger partial charge in [0.05, 0.1) is 6.61 Å². The van der Waals surface area contributed by atoms with Crippen molar-refractivity contribution < 1.29 is 9.53 Å². The summed E-state index contributed by atoms with van der Waals surface area (Å²) >= 11 is 0. The number of ether oxygens (including phenoxy) is 1. The summed E-state index contributed by atoms with van der Waals surface area (Å²) in [7, 11) is 0. The first-order valence-corrected chi connectivity index (χ1v) is 16.3. The highest BCUT2D eigenvalue weighted by Crippen LogP contribution is 2.16. The van der Waals surface area contributed by atoms with Gasteiger partial charge in [-0.3, -0.25) is 4.79 Å². The molecular weight excluding hydrogens is 476 g/mol. The van der Waals surface area contributed by atoms with Crippen LogP contribution in [-0.4, -0.2) is 12.4 Å². The van der Waals surface area contributed by atoms with E-state index in [2.05, 4.69) is 38.1 Å². The van der Waals surface area contributed by atoms with Crippen molar-refractivity contribution in [2.45, 2.75) is 136 Å². The lowest BCUT2D eigenvalue weighted by molar-refractivity contribution is 0.104. The minimum Gasteiger partial charge on any atom is -0.494 e. The van der Waals surface area contributed by atoms with Crippen molar-refractivity contribution >= 4 is 11.9 Å². The molecule has 39 heavy (non-hydrogen) atoms. The second-order valence-electron chi connectivity index (χ2n) is 11.2. The number of carbonyl (C=O) groups excluding carboxylic acids is 1. The Balaban J connectivity index is 1.46. The Morgan fingerprint density at radius 2 is 1.08 bits per heavy atom. The number of benzene rings is 2. The van der Waals surface area contributed by atoms with Gasteiger partial charge in [-0.15, -0.1) is 0 Å². The summed E-state index contributed by atoms with van der Waals surface area (Å²) in [6.07, 6.45) is 29.1. The van der Waals surface area contributed by atoms with Gasteiger partial charge in [-0.2, -0.15) is 0 Å². The predicted molar refractivity (Wildman–Crippen MR) is 170 cm³/mol. The fourth-order valence-corrected chi connectivity index (χ4v) is 5.00. The summed E-state index contributed by atoms with van der Waals surface area (Å²) in [4.78, 5) is 12.5. The van der Waals surface area contributed by atoms with Crippen LogP contribution in [0.2, 0.25) is 0 Å². The maximum absolute atomic E-state index is 12.5. The van der Waals surface area contributed by atoms with Crippen molar-refractivity contribution in [1.82, 2.24) is 0 Å². The van der Waals surface area contributed by atoms with E-state index in [1.165, 1.54) is 115 Å². The Morgan fingerprint density at radius 1 is 0.590 bits per heavy atom. The molecule has 216 valence electrons. The summed E-state index contributed by atoms with van der Waals surface area (Å²) in [6, 6.07) is 16.0. The zero-order chi connectivity index (χ0) is 27.8. The van der Waals surface area contributed by atoms with E-state index >= 15 is 0 Å². The fourth-order valence-electron chi connectivity index (χ4n) is 5.00. The van der Waals surface area contributed by atoms with Crippen molar-refractivity contribution in [2.24, 2.45) is 0 Å². The van der Waals surface area contributed by atoms with Gasteiger partial charge in [0, 0.05) is 5.56 Å². The molecule has 0 unspecified atom stereocenters. The molecular formula is C37H56O2. The number of allylic oxidation sites excluding steroid dienone is 1. The minimum atomic E-state index is 0.0226. The van der Waals surface area contributed by atoms with E-state index in [1.54, 1.807) is 6.08 Å². The number of carbonyl (C=O) groups is 1. The fraction of sp³-hybridized carbons (Fsp3) is 0.595. The van der Waals surface area contributed by atoms with Gasteiger partial charge in [-0.1, -0.05) is 147 Å². The lowest BCUT2D eigenvalue weighted by Gasteiger charge is -2.07. The van der Waals surface area contributed by atoms with E-state index in [0.29, 0.717) is 5.56 Å². The average molecular weight is 533 g/mol. The van der Waals surface area contributed by atoms with Crippen LogP contribution in [-0.2, 0) is 6.42 Å². The maximum Gasteiger partial charge on any atom is 0.185 e. The van der Waals surface area contributed by atoms with Gasteiger partial charge in [-0.05, 0) is 60.7 Å². The third-order valence-corrected chi connectivity index (χ3v) is 7.63. The Labute approximate surface area is 240 Å². The monoisotopic (exact) mass is 532 g/mol. The molecule has 0 aromatic heterocycles. The molecule has 0 aliphatic rings. The number of unbranched alkanes of at least 4 members (excludes halogenated alkanes) is 16. The number of rotatable bonds is 24.